The molecule has 6 heteroatoms. The highest BCUT2D eigenvalue weighted by Crippen LogP contribution is 2.19. The molecule has 0 aliphatic carbocycles. The highest BCUT2D eigenvalue weighted by molar-refractivity contribution is 5.80. The molecule has 3 N–H and O–H groups in total. The third-order valence-corrected chi connectivity index (χ3v) is 3.84. The molecule has 0 radical (unpaired) electrons. The summed E-state index contributed by atoms with van der Waals surface area (Å²) >= 11 is 0. The average molecular weight is 306 g/mol. The van der Waals surface area contributed by atoms with E-state index in [1.54, 1.807) is 6.26 Å². The minimum atomic E-state index is -0.216. The summed E-state index contributed by atoms with van der Waals surface area (Å²) in [7, 11) is 0. The fraction of sp³-hybridized carbons (Fsp3) is 0.625. The van der Waals surface area contributed by atoms with Crippen molar-refractivity contribution in [3.8, 4) is 0 Å². The molecule has 1 amide bonds. The number of nitrogens with zero attached hydrogens (tertiary/aromatic N) is 2. The number of nitrogens with one attached hydrogen (secondary N) is 1. The first-order valence-corrected chi connectivity index (χ1v) is 8.03. The van der Waals surface area contributed by atoms with Gasteiger partial charge in [-0.2, -0.15) is 0 Å². The van der Waals surface area contributed by atoms with Crippen LogP contribution in [0, 0.1) is 5.92 Å². The molecule has 0 saturated carbocycles. The zero-order valence-electron chi connectivity index (χ0n) is 13.3. The Balaban J connectivity index is 1.92. The van der Waals surface area contributed by atoms with E-state index in [-0.39, 0.29) is 5.91 Å². The van der Waals surface area contributed by atoms with Crippen LogP contribution in [0.1, 0.15) is 31.9 Å². The van der Waals surface area contributed by atoms with E-state index in [1.807, 2.05) is 12.1 Å². The monoisotopic (exact) mass is 306 g/mol. The number of piperidine rings is 1. The molecule has 0 aromatic carbocycles. The molecule has 1 aromatic heterocycles. The number of amides is 1. The molecule has 122 valence electrons. The minimum absolute atomic E-state index is 0.216. The van der Waals surface area contributed by atoms with Crippen molar-refractivity contribution < 1.29 is 9.21 Å². The van der Waals surface area contributed by atoms with Crippen LogP contribution in [0.3, 0.4) is 0 Å². The summed E-state index contributed by atoms with van der Waals surface area (Å²) in [4.78, 5) is 18.0. The number of nitrogens with two attached hydrogens (primary N) is 1. The van der Waals surface area contributed by atoms with Gasteiger partial charge in [-0.05, 0) is 37.8 Å². The molecule has 2 rings (SSSR count). The lowest BCUT2D eigenvalue weighted by Crippen LogP contribution is -2.47. The third kappa shape index (κ3) is 5.09. The summed E-state index contributed by atoms with van der Waals surface area (Å²) in [5.41, 5.74) is 5.32. The standard InChI is InChI=1S/C16H26N4O2/c1-2-18-16(19-8-7-14-6-4-10-22-14)20-9-3-5-13(12-20)11-15(17)21/h4,6,10,13H,2-3,5,7-9,11-12H2,1H3,(H2,17,21)(H,18,19). The summed E-state index contributed by atoms with van der Waals surface area (Å²) in [5.74, 6) is 1.99. The number of hydrogen-bond acceptors (Lipinski definition) is 3. The van der Waals surface area contributed by atoms with Gasteiger partial charge in [0.05, 0.1) is 6.26 Å². The summed E-state index contributed by atoms with van der Waals surface area (Å²) in [6, 6.07) is 3.86. The molecule has 22 heavy (non-hydrogen) atoms. The Bertz CT molecular complexity index is 484. The quantitative estimate of drug-likeness (QED) is 0.614. The van der Waals surface area contributed by atoms with Crippen LogP contribution in [-0.2, 0) is 11.2 Å². The van der Waals surface area contributed by atoms with Crippen molar-refractivity contribution in [2.45, 2.75) is 32.6 Å². The van der Waals surface area contributed by atoms with E-state index < -0.39 is 0 Å². The lowest BCUT2D eigenvalue weighted by Gasteiger charge is -2.34. The molecule has 1 saturated heterocycles. The summed E-state index contributed by atoms with van der Waals surface area (Å²) in [6.45, 7) is 5.40. The van der Waals surface area contributed by atoms with E-state index in [1.165, 1.54) is 0 Å². The van der Waals surface area contributed by atoms with Crippen LogP contribution in [0.2, 0.25) is 0 Å². The molecule has 1 atom stereocenters. The van der Waals surface area contributed by atoms with Gasteiger partial charge in [0.1, 0.15) is 5.76 Å². The number of likely N-dealkylation sites (tertiary alicyclic amines) is 1. The van der Waals surface area contributed by atoms with Crippen LogP contribution in [0.4, 0.5) is 0 Å². The van der Waals surface area contributed by atoms with Crippen LogP contribution >= 0.6 is 0 Å². The Kier molecular flexibility index (Phi) is 6.30. The third-order valence-electron chi connectivity index (χ3n) is 3.84. The van der Waals surface area contributed by atoms with Crippen molar-refractivity contribution in [1.82, 2.24) is 10.2 Å². The zero-order valence-corrected chi connectivity index (χ0v) is 13.3. The van der Waals surface area contributed by atoms with Crippen molar-refractivity contribution in [1.29, 1.82) is 0 Å². The summed E-state index contributed by atoms with van der Waals surface area (Å²) in [5, 5.41) is 3.34. The second-order valence-electron chi connectivity index (χ2n) is 5.69. The normalized spacial score (nSPS) is 19.2. The number of hydrogen-bond donors (Lipinski definition) is 2. The van der Waals surface area contributed by atoms with E-state index in [4.69, 9.17) is 10.2 Å². The number of aliphatic imine (C=N–C) groups is 1. The Morgan fingerprint density at radius 1 is 1.59 bits per heavy atom. The topological polar surface area (TPSA) is 83.9 Å². The predicted octanol–water partition coefficient (Wildman–Crippen LogP) is 1.37. The number of carbonyl (C=O) groups is 1. The summed E-state index contributed by atoms with van der Waals surface area (Å²) in [6.07, 6.45) is 5.07. The SMILES string of the molecule is CCNC(=NCCc1ccco1)N1CCCC(CC(N)=O)C1. The van der Waals surface area contributed by atoms with E-state index in [9.17, 15) is 4.79 Å². The van der Waals surface area contributed by atoms with E-state index in [0.29, 0.717) is 18.9 Å². The maximum Gasteiger partial charge on any atom is 0.217 e. The van der Waals surface area contributed by atoms with Gasteiger partial charge in [-0.15, -0.1) is 0 Å². The second kappa shape index (κ2) is 8.46. The molecular formula is C16H26N4O2. The van der Waals surface area contributed by atoms with Crippen LogP contribution in [0.15, 0.2) is 27.8 Å². The van der Waals surface area contributed by atoms with Gasteiger partial charge in [0.25, 0.3) is 0 Å². The molecule has 6 nitrogen and oxygen atoms in total. The maximum atomic E-state index is 11.1. The molecule has 1 fully saturated rings. The maximum absolute atomic E-state index is 11.1. The van der Waals surface area contributed by atoms with Gasteiger partial charge >= 0.3 is 0 Å². The lowest BCUT2D eigenvalue weighted by molar-refractivity contribution is -0.119. The van der Waals surface area contributed by atoms with Gasteiger partial charge in [-0.3, -0.25) is 9.79 Å². The van der Waals surface area contributed by atoms with Crippen molar-refractivity contribution in [3.63, 3.8) is 0 Å². The van der Waals surface area contributed by atoms with Gasteiger partial charge in [0.2, 0.25) is 5.91 Å². The fourth-order valence-corrected chi connectivity index (χ4v) is 2.86. The number of carbonyl (C=O) groups excluding carboxylic acids is 1. The van der Waals surface area contributed by atoms with Gasteiger partial charge in [-0.1, -0.05) is 0 Å². The number of furan rings is 1. The largest absolute Gasteiger partial charge is 0.469 e. The van der Waals surface area contributed by atoms with Gasteiger partial charge in [-0.25, -0.2) is 0 Å². The number of primary amides is 1. The smallest absolute Gasteiger partial charge is 0.217 e. The highest BCUT2D eigenvalue weighted by Gasteiger charge is 2.23. The molecule has 0 spiro atoms. The van der Waals surface area contributed by atoms with Gasteiger partial charge < -0.3 is 20.4 Å². The fourth-order valence-electron chi connectivity index (χ4n) is 2.86. The Hall–Kier alpha value is -1.98. The number of rotatable bonds is 6. The Labute approximate surface area is 131 Å². The second-order valence-corrected chi connectivity index (χ2v) is 5.69. The molecule has 1 unspecified atom stereocenters. The molecule has 0 bridgehead atoms. The zero-order chi connectivity index (χ0) is 15.8. The van der Waals surface area contributed by atoms with Crippen LogP contribution in [0.5, 0.6) is 0 Å². The minimum Gasteiger partial charge on any atom is -0.469 e. The Morgan fingerprint density at radius 2 is 2.45 bits per heavy atom. The first-order chi connectivity index (χ1) is 10.7. The van der Waals surface area contributed by atoms with Crippen LogP contribution < -0.4 is 11.1 Å². The van der Waals surface area contributed by atoms with Crippen molar-refractivity contribution in [3.05, 3.63) is 24.2 Å². The molecule has 2 heterocycles. The van der Waals surface area contributed by atoms with E-state index in [0.717, 1.165) is 50.6 Å². The number of guanidine groups is 1. The van der Waals surface area contributed by atoms with E-state index in [2.05, 4.69) is 22.1 Å². The molecular weight excluding hydrogens is 280 g/mol. The Morgan fingerprint density at radius 3 is 3.14 bits per heavy atom. The summed E-state index contributed by atoms with van der Waals surface area (Å²) < 4.78 is 5.33. The molecule has 1 aliphatic heterocycles. The van der Waals surface area contributed by atoms with Gasteiger partial charge in [0, 0.05) is 39.0 Å². The van der Waals surface area contributed by atoms with Gasteiger partial charge in [0.15, 0.2) is 5.96 Å². The highest BCUT2D eigenvalue weighted by atomic mass is 16.3. The van der Waals surface area contributed by atoms with Crippen LogP contribution in [-0.4, -0.2) is 42.9 Å². The predicted molar refractivity (Wildman–Crippen MR) is 86.5 cm³/mol. The molecule has 1 aliphatic rings. The van der Waals surface area contributed by atoms with Crippen LogP contribution in [0.25, 0.3) is 0 Å². The van der Waals surface area contributed by atoms with Crippen molar-refractivity contribution >= 4 is 11.9 Å². The first-order valence-electron chi connectivity index (χ1n) is 8.03. The van der Waals surface area contributed by atoms with Crippen molar-refractivity contribution in [2.24, 2.45) is 16.6 Å². The van der Waals surface area contributed by atoms with E-state index >= 15 is 0 Å². The first kappa shape index (κ1) is 16.4. The lowest BCUT2D eigenvalue weighted by atomic mass is 9.95. The molecule has 1 aromatic rings. The average Bonchev–Trinajstić information content (AvgIpc) is 2.99. The van der Waals surface area contributed by atoms with Crippen molar-refractivity contribution in [2.75, 3.05) is 26.2 Å².